The number of hydrogen-bond acceptors (Lipinski definition) is 5. The summed E-state index contributed by atoms with van der Waals surface area (Å²) < 4.78 is 1.17. The number of pyridine rings is 1. The largest absolute Gasteiger partial charge is 0.384 e. The summed E-state index contributed by atoms with van der Waals surface area (Å²) in [6, 6.07) is 7.70. The Hall–Kier alpha value is -3.42. The van der Waals surface area contributed by atoms with Crippen LogP contribution < -0.4 is 21.9 Å². The van der Waals surface area contributed by atoms with Crippen LogP contribution in [0.1, 0.15) is 46.4 Å². The minimum absolute atomic E-state index is 0.00165. The summed E-state index contributed by atoms with van der Waals surface area (Å²) in [6.07, 6.45) is 3.97. The van der Waals surface area contributed by atoms with Crippen LogP contribution in [0.25, 0.3) is 5.69 Å². The molecule has 2 heterocycles. The first kappa shape index (κ1) is 17.0. The molecule has 27 heavy (non-hydrogen) atoms. The Bertz CT molecular complexity index is 1020. The zero-order valence-electron chi connectivity index (χ0n) is 14.5. The molecule has 1 aromatic carbocycles. The number of benzene rings is 1. The summed E-state index contributed by atoms with van der Waals surface area (Å²) in [7, 11) is 0. The molecule has 3 amide bonds. The van der Waals surface area contributed by atoms with Crippen LogP contribution in [0.4, 0.5) is 11.5 Å². The van der Waals surface area contributed by atoms with Crippen molar-refractivity contribution in [1.82, 2.24) is 9.88 Å². The molecule has 8 nitrogen and oxygen atoms in total. The molecule has 0 unspecified atom stereocenters. The summed E-state index contributed by atoms with van der Waals surface area (Å²) in [5.74, 6) is -1.29. The van der Waals surface area contributed by atoms with Gasteiger partial charge >= 0.3 is 0 Å². The molecule has 1 fully saturated rings. The molecule has 1 aromatic heterocycles. The number of aromatic nitrogens is 1. The first-order chi connectivity index (χ1) is 13.0. The number of amides is 3. The van der Waals surface area contributed by atoms with Crippen LogP contribution in [-0.4, -0.2) is 22.3 Å². The molecule has 0 spiro atoms. The Kier molecular flexibility index (Phi) is 4.02. The topological polar surface area (TPSA) is 123 Å². The standard InChI is InChI=1S/C19H18N4O4/c20-16-15-13(18(26)22-19(15)27)9-14(24)23(16)12-7-5-11(6-8-12)21-17(25)10-3-1-2-4-10/h5-10H,1-4,20H2,(H,21,25)(H,22,26,27). The Morgan fingerprint density at radius 3 is 2.41 bits per heavy atom. The van der Waals surface area contributed by atoms with E-state index >= 15 is 0 Å². The van der Waals surface area contributed by atoms with E-state index in [0.29, 0.717) is 11.4 Å². The average molecular weight is 366 g/mol. The van der Waals surface area contributed by atoms with Gasteiger partial charge in [-0.3, -0.25) is 29.1 Å². The molecular weight excluding hydrogens is 348 g/mol. The zero-order valence-corrected chi connectivity index (χ0v) is 14.5. The van der Waals surface area contributed by atoms with Gasteiger partial charge in [-0.15, -0.1) is 0 Å². The second-order valence-electron chi connectivity index (χ2n) is 6.79. The number of fused-ring (bicyclic) bond motifs is 1. The average Bonchev–Trinajstić information content (AvgIpc) is 3.25. The molecule has 2 aromatic rings. The van der Waals surface area contributed by atoms with Crippen molar-refractivity contribution in [1.29, 1.82) is 0 Å². The number of carbonyl (C=O) groups excluding carboxylic acids is 3. The predicted octanol–water partition coefficient (Wildman–Crippen LogP) is 1.43. The van der Waals surface area contributed by atoms with Crippen molar-refractivity contribution >= 4 is 29.2 Å². The minimum atomic E-state index is -0.629. The highest BCUT2D eigenvalue weighted by molar-refractivity contribution is 6.23. The van der Waals surface area contributed by atoms with Crippen LogP contribution >= 0.6 is 0 Å². The Balaban J connectivity index is 1.64. The lowest BCUT2D eigenvalue weighted by molar-refractivity contribution is -0.119. The van der Waals surface area contributed by atoms with E-state index in [1.165, 1.54) is 4.57 Å². The fourth-order valence-corrected chi connectivity index (χ4v) is 3.67. The van der Waals surface area contributed by atoms with Crippen molar-refractivity contribution in [2.24, 2.45) is 5.92 Å². The smallest absolute Gasteiger partial charge is 0.262 e. The van der Waals surface area contributed by atoms with Gasteiger partial charge in [0.15, 0.2) is 0 Å². The Morgan fingerprint density at radius 2 is 1.74 bits per heavy atom. The summed E-state index contributed by atoms with van der Waals surface area (Å²) in [6.45, 7) is 0. The molecule has 8 heteroatoms. The quantitative estimate of drug-likeness (QED) is 0.709. The van der Waals surface area contributed by atoms with Gasteiger partial charge in [0, 0.05) is 17.7 Å². The zero-order chi connectivity index (χ0) is 19.1. The lowest BCUT2D eigenvalue weighted by Crippen LogP contribution is -2.24. The third kappa shape index (κ3) is 2.88. The summed E-state index contributed by atoms with van der Waals surface area (Å²) in [4.78, 5) is 48.2. The number of imide groups is 1. The number of nitrogens with zero attached hydrogens (tertiary/aromatic N) is 1. The van der Waals surface area contributed by atoms with Gasteiger partial charge < -0.3 is 11.1 Å². The van der Waals surface area contributed by atoms with Crippen LogP contribution in [0, 0.1) is 5.92 Å². The van der Waals surface area contributed by atoms with Crippen molar-refractivity contribution in [3.05, 3.63) is 51.8 Å². The maximum Gasteiger partial charge on any atom is 0.262 e. The molecule has 1 saturated carbocycles. The molecule has 2 aliphatic rings. The van der Waals surface area contributed by atoms with Gasteiger partial charge in [-0.1, -0.05) is 12.8 Å². The van der Waals surface area contributed by atoms with Gasteiger partial charge in [0.1, 0.15) is 5.82 Å². The van der Waals surface area contributed by atoms with Gasteiger partial charge in [0.05, 0.1) is 16.8 Å². The predicted molar refractivity (Wildman–Crippen MR) is 98.8 cm³/mol. The van der Waals surface area contributed by atoms with Crippen molar-refractivity contribution in [2.45, 2.75) is 25.7 Å². The van der Waals surface area contributed by atoms with Crippen molar-refractivity contribution in [3.8, 4) is 5.69 Å². The molecule has 4 N–H and O–H groups in total. The van der Waals surface area contributed by atoms with Crippen molar-refractivity contribution in [3.63, 3.8) is 0 Å². The lowest BCUT2D eigenvalue weighted by Gasteiger charge is -2.13. The first-order valence-electron chi connectivity index (χ1n) is 8.78. The molecule has 1 aliphatic heterocycles. The molecule has 138 valence electrons. The van der Waals surface area contributed by atoms with E-state index in [9.17, 15) is 19.2 Å². The van der Waals surface area contributed by atoms with Crippen LogP contribution in [0.5, 0.6) is 0 Å². The summed E-state index contributed by atoms with van der Waals surface area (Å²) >= 11 is 0. The second kappa shape index (κ2) is 6.39. The van der Waals surface area contributed by atoms with E-state index in [0.717, 1.165) is 31.7 Å². The minimum Gasteiger partial charge on any atom is -0.384 e. The molecule has 4 rings (SSSR count). The number of carbonyl (C=O) groups is 3. The number of anilines is 2. The maximum absolute atomic E-state index is 12.4. The fraction of sp³-hybridized carbons (Fsp3) is 0.263. The van der Waals surface area contributed by atoms with Crippen molar-refractivity contribution in [2.75, 3.05) is 11.1 Å². The van der Waals surface area contributed by atoms with E-state index in [-0.39, 0.29) is 28.8 Å². The lowest BCUT2D eigenvalue weighted by atomic mass is 10.1. The van der Waals surface area contributed by atoms with Gasteiger partial charge in [-0.05, 0) is 37.1 Å². The van der Waals surface area contributed by atoms with E-state index in [1.807, 2.05) is 0 Å². The third-order valence-electron chi connectivity index (χ3n) is 5.07. The fourth-order valence-electron chi connectivity index (χ4n) is 3.67. The highest BCUT2D eigenvalue weighted by Crippen LogP contribution is 2.27. The van der Waals surface area contributed by atoms with E-state index < -0.39 is 17.4 Å². The normalized spacial score (nSPS) is 16.3. The SMILES string of the molecule is Nc1c2c(cc(=O)n1-c1ccc(NC(=O)C3CCCC3)cc1)C(=O)NC2=O. The molecule has 0 bridgehead atoms. The molecule has 1 aliphatic carbocycles. The van der Waals surface area contributed by atoms with Gasteiger partial charge in [0.2, 0.25) is 5.91 Å². The van der Waals surface area contributed by atoms with E-state index in [1.54, 1.807) is 24.3 Å². The summed E-state index contributed by atoms with van der Waals surface area (Å²) in [5.41, 5.74) is 6.53. The Morgan fingerprint density at radius 1 is 1.07 bits per heavy atom. The maximum atomic E-state index is 12.4. The monoisotopic (exact) mass is 366 g/mol. The number of nitrogen functional groups attached to an aromatic ring is 1. The van der Waals surface area contributed by atoms with Crippen LogP contribution in [0.2, 0.25) is 0 Å². The van der Waals surface area contributed by atoms with E-state index in [4.69, 9.17) is 5.73 Å². The van der Waals surface area contributed by atoms with E-state index in [2.05, 4.69) is 10.6 Å². The molecule has 0 atom stereocenters. The van der Waals surface area contributed by atoms with Gasteiger partial charge in [-0.25, -0.2) is 0 Å². The number of hydrogen-bond donors (Lipinski definition) is 3. The van der Waals surface area contributed by atoms with Crippen LogP contribution in [0.15, 0.2) is 35.1 Å². The molecule has 0 radical (unpaired) electrons. The first-order valence-corrected chi connectivity index (χ1v) is 8.78. The van der Waals surface area contributed by atoms with Gasteiger partial charge in [-0.2, -0.15) is 0 Å². The number of nitrogens with two attached hydrogens (primary N) is 1. The third-order valence-corrected chi connectivity index (χ3v) is 5.07. The highest BCUT2D eigenvalue weighted by atomic mass is 16.2. The van der Waals surface area contributed by atoms with Crippen LogP contribution in [-0.2, 0) is 4.79 Å². The number of rotatable bonds is 3. The number of nitrogens with one attached hydrogen (secondary N) is 2. The molecule has 0 saturated heterocycles. The molecular formula is C19H18N4O4. The Labute approximate surface area is 154 Å². The van der Waals surface area contributed by atoms with Crippen molar-refractivity contribution < 1.29 is 14.4 Å². The van der Waals surface area contributed by atoms with Crippen LogP contribution in [0.3, 0.4) is 0 Å². The second-order valence-corrected chi connectivity index (χ2v) is 6.79. The summed E-state index contributed by atoms with van der Waals surface area (Å²) in [5, 5.41) is 5.01. The van der Waals surface area contributed by atoms with Gasteiger partial charge in [0.25, 0.3) is 17.4 Å². The highest BCUT2D eigenvalue weighted by Gasteiger charge is 2.31.